The van der Waals surface area contributed by atoms with Gasteiger partial charge in [-0.15, -0.1) is 0 Å². The van der Waals surface area contributed by atoms with Gasteiger partial charge in [-0.25, -0.2) is 0 Å². The molecule has 0 radical (unpaired) electrons. The van der Waals surface area contributed by atoms with Gasteiger partial charge in [-0.05, 0) is 53.6 Å². The van der Waals surface area contributed by atoms with Gasteiger partial charge in [-0.1, -0.05) is 53.5 Å². The molecule has 0 bridgehead atoms. The molecule has 1 N–H and O–H groups in total. The Labute approximate surface area is 185 Å². The van der Waals surface area contributed by atoms with E-state index in [-0.39, 0.29) is 5.91 Å². The highest BCUT2D eigenvalue weighted by Gasteiger charge is 2.16. The molecular formula is C24H20Cl2N2O2. The number of ether oxygens (including phenoxy) is 1. The fourth-order valence-electron chi connectivity index (χ4n) is 3.51. The highest BCUT2D eigenvalue weighted by Crippen LogP contribution is 2.23. The van der Waals surface area contributed by atoms with Gasteiger partial charge in [-0.2, -0.15) is 0 Å². The molecule has 3 aromatic carbocycles. The fourth-order valence-corrected chi connectivity index (χ4v) is 4.08. The van der Waals surface area contributed by atoms with Gasteiger partial charge in [-0.3, -0.25) is 4.79 Å². The number of aromatic nitrogens is 1. The number of nitrogens with zero attached hydrogens (tertiary/aromatic N) is 1. The lowest BCUT2D eigenvalue weighted by Gasteiger charge is -2.12. The van der Waals surface area contributed by atoms with Crippen molar-refractivity contribution in [2.75, 3.05) is 7.11 Å². The second-order valence-corrected chi connectivity index (χ2v) is 7.86. The molecule has 4 nitrogen and oxygen atoms in total. The molecule has 0 fully saturated rings. The summed E-state index contributed by atoms with van der Waals surface area (Å²) in [4.78, 5) is 13.1. The Balaban J connectivity index is 1.64. The zero-order chi connectivity index (χ0) is 21.1. The lowest BCUT2D eigenvalue weighted by atomic mass is 10.2. The molecule has 1 aromatic heterocycles. The van der Waals surface area contributed by atoms with Crippen LogP contribution >= 0.6 is 23.2 Å². The van der Waals surface area contributed by atoms with E-state index in [2.05, 4.69) is 5.32 Å². The van der Waals surface area contributed by atoms with Crippen LogP contribution in [0.25, 0.3) is 10.9 Å². The van der Waals surface area contributed by atoms with Crippen molar-refractivity contribution in [3.63, 3.8) is 0 Å². The summed E-state index contributed by atoms with van der Waals surface area (Å²) in [5, 5.41) is 5.07. The van der Waals surface area contributed by atoms with Gasteiger partial charge >= 0.3 is 0 Å². The number of nitrogens with one attached hydrogen (secondary N) is 1. The number of carbonyl (C=O) groups is 1. The highest BCUT2D eigenvalue weighted by molar-refractivity contribution is 6.34. The number of hydrogen-bond acceptors (Lipinski definition) is 2. The molecule has 30 heavy (non-hydrogen) atoms. The first-order valence-electron chi connectivity index (χ1n) is 9.48. The number of benzene rings is 3. The van der Waals surface area contributed by atoms with E-state index in [1.54, 1.807) is 25.3 Å². The van der Waals surface area contributed by atoms with Crippen LogP contribution in [-0.4, -0.2) is 17.6 Å². The molecule has 0 aliphatic rings. The van der Waals surface area contributed by atoms with Crippen molar-refractivity contribution in [2.45, 2.75) is 13.1 Å². The summed E-state index contributed by atoms with van der Waals surface area (Å²) in [5.74, 6) is 0.623. The van der Waals surface area contributed by atoms with Crippen LogP contribution in [0.3, 0.4) is 0 Å². The minimum absolute atomic E-state index is 0.162. The minimum atomic E-state index is -0.162. The molecular weight excluding hydrogens is 419 g/mol. The van der Waals surface area contributed by atoms with Gasteiger partial charge in [0.15, 0.2) is 0 Å². The zero-order valence-corrected chi connectivity index (χ0v) is 17.9. The molecule has 152 valence electrons. The molecule has 1 amide bonds. The monoisotopic (exact) mass is 438 g/mol. The summed E-state index contributed by atoms with van der Waals surface area (Å²) >= 11 is 12.1. The summed E-state index contributed by atoms with van der Waals surface area (Å²) in [6.07, 6.45) is 0. The van der Waals surface area contributed by atoms with Gasteiger partial charge in [0.2, 0.25) is 0 Å². The van der Waals surface area contributed by atoms with Crippen molar-refractivity contribution in [3.8, 4) is 5.75 Å². The van der Waals surface area contributed by atoms with E-state index >= 15 is 0 Å². The normalized spacial score (nSPS) is 10.9. The summed E-state index contributed by atoms with van der Waals surface area (Å²) in [7, 11) is 1.64. The first kappa shape index (κ1) is 20.3. The predicted molar refractivity (Wildman–Crippen MR) is 122 cm³/mol. The predicted octanol–water partition coefficient (Wildman–Crippen LogP) is 5.94. The van der Waals surface area contributed by atoms with E-state index in [1.165, 1.54) is 0 Å². The maximum Gasteiger partial charge on any atom is 0.268 e. The van der Waals surface area contributed by atoms with E-state index < -0.39 is 0 Å². The third-order valence-corrected chi connectivity index (χ3v) is 5.33. The fraction of sp³-hybridized carbons (Fsp3) is 0.125. The second-order valence-electron chi connectivity index (χ2n) is 6.99. The number of halogens is 2. The number of fused-ring (bicyclic) bond motifs is 1. The Morgan fingerprint density at radius 2 is 1.70 bits per heavy atom. The Morgan fingerprint density at radius 3 is 2.47 bits per heavy atom. The number of rotatable bonds is 6. The summed E-state index contributed by atoms with van der Waals surface area (Å²) in [6.45, 7) is 0.885. The number of amides is 1. The van der Waals surface area contributed by atoms with Crippen LogP contribution in [0.5, 0.6) is 5.75 Å². The third kappa shape index (κ3) is 4.45. The lowest BCUT2D eigenvalue weighted by Crippen LogP contribution is -2.25. The van der Waals surface area contributed by atoms with E-state index in [4.69, 9.17) is 27.9 Å². The summed E-state index contributed by atoms with van der Waals surface area (Å²) < 4.78 is 7.35. The van der Waals surface area contributed by atoms with Crippen molar-refractivity contribution >= 4 is 40.0 Å². The molecule has 1 heterocycles. The maximum atomic E-state index is 13.1. The van der Waals surface area contributed by atoms with Gasteiger partial charge in [0.1, 0.15) is 11.4 Å². The minimum Gasteiger partial charge on any atom is -0.497 e. The zero-order valence-electron chi connectivity index (χ0n) is 16.4. The van der Waals surface area contributed by atoms with Crippen LogP contribution in [0.15, 0.2) is 72.8 Å². The Bertz CT molecular complexity index is 1200. The van der Waals surface area contributed by atoms with Crippen molar-refractivity contribution in [1.29, 1.82) is 0 Å². The van der Waals surface area contributed by atoms with Crippen molar-refractivity contribution < 1.29 is 9.53 Å². The van der Waals surface area contributed by atoms with E-state index in [1.807, 2.05) is 59.2 Å². The topological polar surface area (TPSA) is 43.3 Å². The van der Waals surface area contributed by atoms with Gasteiger partial charge in [0.25, 0.3) is 5.91 Å². The van der Waals surface area contributed by atoms with Gasteiger partial charge in [0.05, 0.1) is 7.11 Å². The van der Waals surface area contributed by atoms with Crippen molar-refractivity contribution in [1.82, 2.24) is 9.88 Å². The molecule has 0 saturated carbocycles. The summed E-state index contributed by atoms with van der Waals surface area (Å²) in [5.41, 5.74) is 3.48. The Kier molecular flexibility index (Phi) is 5.98. The van der Waals surface area contributed by atoms with Crippen LogP contribution in [-0.2, 0) is 13.1 Å². The first-order valence-corrected chi connectivity index (χ1v) is 10.2. The quantitative estimate of drug-likeness (QED) is 0.404. The molecule has 0 spiro atoms. The van der Waals surface area contributed by atoms with Crippen molar-refractivity contribution in [2.24, 2.45) is 0 Å². The van der Waals surface area contributed by atoms with E-state index in [0.29, 0.717) is 28.8 Å². The summed E-state index contributed by atoms with van der Waals surface area (Å²) in [6, 6.07) is 23.0. The first-order chi connectivity index (χ1) is 14.5. The highest BCUT2D eigenvalue weighted by atomic mass is 35.5. The number of carbonyl (C=O) groups excluding carboxylic acids is 1. The maximum absolute atomic E-state index is 13.1. The second kappa shape index (κ2) is 8.82. The van der Waals surface area contributed by atoms with Gasteiger partial charge < -0.3 is 14.6 Å². The molecule has 0 aliphatic carbocycles. The van der Waals surface area contributed by atoms with Crippen LogP contribution in [0.2, 0.25) is 10.0 Å². The van der Waals surface area contributed by atoms with Crippen LogP contribution < -0.4 is 10.1 Å². The smallest absolute Gasteiger partial charge is 0.268 e. The molecule has 0 unspecified atom stereocenters. The SMILES string of the molecule is COc1cccc(Cn2c(C(=O)NCc3cc(Cl)cc(Cl)c3)cc3ccccc32)c1. The van der Waals surface area contributed by atoms with Crippen LogP contribution in [0, 0.1) is 0 Å². The third-order valence-electron chi connectivity index (χ3n) is 4.89. The van der Waals surface area contributed by atoms with Gasteiger partial charge in [0, 0.05) is 34.0 Å². The van der Waals surface area contributed by atoms with E-state index in [0.717, 1.165) is 27.8 Å². The molecule has 0 saturated heterocycles. The standard InChI is InChI=1S/C24H20Cl2N2O2/c1-30-21-7-4-5-16(11-21)15-28-22-8-3-2-6-18(22)12-23(28)24(29)27-14-17-9-19(25)13-20(26)10-17/h2-13H,14-15H2,1H3,(H,27,29). The Morgan fingerprint density at radius 1 is 0.933 bits per heavy atom. The van der Waals surface area contributed by atoms with Crippen LogP contribution in [0.1, 0.15) is 21.6 Å². The van der Waals surface area contributed by atoms with Crippen molar-refractivity contribution in [3.05, 3.63) is 99.7 Å². The molecule has 0 atom stereocenters. The number of hydrogen-bond donors (Lipinski definition) is 1. The number of methoxy groups -OCH3 is 1. The molecule has 6 heteroatoms. The van der Waals surface area contributed by atoms with E-state index in [9.17, 15) is 4.79 Å². The largest absolute Gasteiger partial charge is 0.497 e. The van der Waals surface area contributed by atoms with Crippen LogP contribution in [0.4, 0.5) is 0 Å². The molecule has 4 rings (SSSR count). The molecule has 0 aliphatic heterocycles. The number of para-hydroxylation sites is 1. The Hall–Kier alpha value is -2.95. The lowest BCUT2D eigenvalue weighted by molar-refractivity contribution is 0.0942. The molecule has 4 aromatic rings. The average molecular weight is 439 g/mol. The average Bonchev–Trinajstić information content (AvgIpc) is 3.10.